The first-order chi connectivity index (χ1) is 8.60. The van der Waals surface area contributed by atoms with Crippen LogP contribution in [0.1, 0.15) is 5.56 Å². The molecule has 94 valence electrons. The van der Waals surface area contributed by atoms with E-state index in [1.54, 1.807) is 6.07 Å². The largest absolute Gasteiger partial charge is 0.397 e. The Labute approximate surface area is 104 Å². The molecule has 0 aliphatic carbocycles. The van der Waals surface area contributed by atoms with Crippen LogP contribution in [-0.2, 0) is 16.4 Å². The van der Waals surface area contributed by atoms with Crippen molar-refractivity contribution in [2.75, 3.05) is 16.6 Å². The van der Waals surface area contributed by atoms with Crippen LogP contribution in [0.25, 0.3) is 0 Å². The van der Waals surface area contributed by atoms with Gasteiger partial charge in [-0.1, -0.05) is 12.1 Å². The summed E-state index contributed by atoms with van der Waals surface area (Å²) in [4.78, 5) is 0.151. The maximum absolute atomic E-state index is 12.4. The molecule has 7 heteroatoms. The van der Waals surface area contributed by atoms with E-state index in [1.165, 1.54) is 16.7 Å². The summed E-state index contributed by atoms with van der Waals surface area (Å²) in [6, 6.07) is 5.45. The fourth-order valence-electron chi connectivity index (χ4n) is 2.20. The van der Waals surface area contributed by atoms with E-state index in [4.69, 9.17) is 5.73 Å². The van der Waals surface area contributed by atoms with E-state index in [-0.39, 0.29) is 4.90 Å². The zero-order chi connectivity index (χ0) is 12.8. The Morgan fingerprint density at radius 2 is 2.22 bits per heavy atom. The average molecular weight is 264 g/mol. The molecule has 0 atom stereocenters. The van der Waals surface area contributed by atoms with Gasteiger partial charge in [0, 0.05) is 12.7 Å². The number of nitrogens with one attached hydrogen (secondary N) is 1. The van der Waals surface area contributed by atoms with E-state index < -0.39 is 10.0 Å². The average Bonchev–Trinajstić information content (AvgIpc) is 2.99. The molecule has 1 aromatic heterocycles. The van der Waals surface area contributed by atoms with Crippen LogP contribution >= 0.6 is 0 Å². The van der Waals surface area contributed by atoms with Crippen molar-refractivity contribution in [2.24, 2.45) is 0 Å². The predicted octanol–water partition coefficient (Wildman–Crippen LogP) is 0.743. The zero-order valence-electron chi connectivity index (χ0n) is 9.50. The molecule has 2 aromatic rings. The van der Waals surface area contributed by atoms with Crippen LogP contribution in [0, 0.1) is 0 Å². The molecule has 3 N–H and O–H groups in total. The Morgan fingerprint density at radius 1 is 1.39 bits per heavy atom. The van der Waals surface area contributed by atoms with Crippen LogP contribution in [0.5, 0.6) is 0 Å². The van der Waals surface area contributed by atoms with Crippen LogP contribution < -0.4 is 10.0 Å². The minimum absolute atomic E-state index is 0.151. The molecule has 1 aliphatic heterocycles. The first kappa shape index (κ1) is 11.1. The number of anilines is 2. The van der Waals surface area contributed by atoms with Crippen molar-refractivity contribution in [1.82, 2.24) is 10.2 Å². The van der Waals surface area contributed by atoms with Crippen LogP contribution in [-0.4, -0.2) is 25.2 Å². The van der Waals surface area contributed by atoms with Crippen molar-refractivity contribution in [3.05, 3.63) is 36.2 Å². The second-order valence-electron chi connectivity index (χ2n) is 4.12. The summed E-state index contributed by atoms with van der Waals surface area (Å²) in [6.45, 7) is 0.414. The van der Waals surface area contributed by atoms with Crippen molar-refractivity contribution < 1.29 is 8.42 Å². The van der Waals surface area contributed by atoms with Gasteiger partial charge in [0.1, 0.15) is 4.90 Å². The number of aromatic amines is 1. The van der Waals surface area contributed by atoms with Crippen LogP contribution in [0.15, 0.2) is 35.5 Å². The van der Waals surface area contributed by atoms with E-state index in [0.717, 1.165) is 5.56 Å². The summed E-state index contributed by atoms with van der Waals surface area (Å²) in [7, 11) is -3.57. The van der Waals surface area contributed by atoms with Crippen LogP contribution in [0.4, 0.5) is 11.4 Å². The number of benzene rings is 1. The summed E-state index contributed by atoms with van der Waals surface area (Å²) in [5, 5.41) is 6.19. The van der Waals surface area contributed by atoms with Gasteiger partial charge in [0.15, 0.2) is 0 Å². The Balaban J connectivity index is 2.13. The Kier molecular flexibility index (Phi) is 2.30. The number of sulfonamides is 1. The molecule has 0 saturated heterocycles. The second kappa shape index (κ2) is 3.74. The van der Waals surface area contributed by atoms with Gasteiger partial charge in [-0.15, -0.1) is 0 Å². The first-order valence-corrected chi connectivity index (χ1v) is 6.93. The Morgan fingerprint density at radius 3 is 2.94 bits per heavy atom. The molecule has 0 amide bonds. The van der Waals surface area contributed by atoms with E-state index in [2.05, 4.69) is 10.2 Å². The molecule has 0 unspecified atom stereocenters. The molecule has 0 radical (unpaired) electrons. The van der Waals surface area contributed by atoms with Crippen molar-refractivity contribution in [1.29, 1.82) is 0 Å². The van der Waals surface area contributed by atoms with Gasteiger partial charge >= 0.3 is 0 Å². The smallest absolute Gasteiger partial charge is 0.267 e. The number of nitrogens with zero attached hydrogens (tertiary/aromatic N) is 2. The standard InChI is InChI=1S/C11H12N4O2S/c12-10-3-1-2-8-4-5-15(11(8)10)18(16,17)9-6-13-14-7-9/h1-3,6-7H,4-5,12H2,(H,13,14). The number of H-pyrrole nitrogens is 1. The maximum atomic E-state index is 12.4. The number of nitrogens with two attached hydrogens (primary N) is 1. The van der Waals surface area contributed by atoms with Gasteiger partial charge in [-0.3, -0.25) is 9.40 Å². The number of aromatic nitrogens is 2. The highest BCUT2D eigenvalue weighted by Crippen LogP contribution is 2.37. The number of hydrogen-bond acceptors (Lipinski definition) is 4. The van der Waals surface area contributed by atoms with Gasteiger partial charge < -0.3 is 5.73 Å². The molecule has 2 heterocycles. The number of nitrogen functional groups attached to an aromatic ring is 1. The second-order valence-corrected chi connectivity index (χ2v) is 5.98. The molecule has 1 aliphatic rings. The van der Waals surface area contributed by atoms with Gasteiger partial charge in [-0.2, -0.15) is 5.10 Å². The molecule has 0 saturated carbocycles. The fourth-order valence-corrected chi connectivity index (χ4v) is 3.64. The highest BCUT2D eigenvalue weighted by molar-refractivity contribution is 7.92. The monoisotopic (exact) mass is 264 g/mol. The number of hydrogen-bond donors (Lipinski definition) is 2. The molecular formula is C11H12N4O2S. The summed E-state index contributed by atoms with van der Waals surface area (Å²) in [5.74, 6) is 0. The van der Waals surface area contributed by atoms with Crippen molar-refractivity contribution in [3.8, 4) is 0 Å². The lowest BCUT2D eigenvalue weighted by molar-refractivity contribution is 0.592. The highest BCUT2D eigenvalue weighted by Gasteiger charge is 2.32. The molecule has 0 bridgehead atoms. The van der Waals surface area contributed by atoms with Gasteiger partial charge in [0.2, 0.25) is 0 Å². The normalized spacial score (nSPS) is 14.8. The highest BCUT2D eigenvalue weighted by atomic mass is 32.2. The zero-order valence-corrected chi connectivity index (χ0v) is 10.3. The Bertz CT molecular complexity index is 679. The minimum atomic E-state index is -3.57. The van der Waals surface area contributed by atoms with Crippen molar-refractivity contribution in [3.63, 3.8) is 0 Å². The SMILES string of the molecule is Nc1cccc2c1N(S(=O)(=O)c1cn[nH]c1)CC2. The van der Waals surface area contributed by atoms with Gasteiger partial charge in [0.25, 0.3) is 10.0 Å². The molecule has 0 fully saturated rings. The lowest BCUT2D eigenvalue weighted by Gasteiger charge is -2.19. The third-order valence-electron chi connectivity index (χ3n) is 3.05. The molecule has 0 spiro atoms. The topological polar surface area (TPSA) is 92.1 Å². The Hall–Kier alpha value is -2.02. The molecule has 1 aromatic carbocycles. The van der Waals surface area contributed by atoms with Crippen molar-refractivity contribution >= 4 is 21.4 Å². The van der Waals surface area contributed by atoms with Crippen LogP contribution in [0.2, 0.25) is 0 Å². The first-order valence-electron chi connectivity index (χ1n) is 5.49. The molecule has 18 heavy (non-hydrogen) atoms. The fraction of sp³-hybridized carbons (Fsp3) is 0.182. The summed E-state index contributed by atoms with van der Waals surface area (Å²) < 4.78 is 26.2. The number of para-hydroxylation sites is 1. The molecule has 3 rings (SSSR count). The lowest BCUT2D eigenvalue weighted by atomic mass is 10.1. The molecular weight excluding hydrogens is 252 g/mol. The van der Waals surface area contributed by atoms with Gasteiger partial charge in [-0.25, -0.2) is 8.42 Å². The third-order valence-corrected chi connectivity index (χ3v) is 4.81. The van der Waals surface area contributed by atoms with Gasteiger partial charge in [0.05, 0.1) is 17.6 Å². The quantitative estimate of drug-likeness (QED) is 0.783. The van der Waals surface area contributed by atoms with Crippen molar-refractivity contribution in [2.45, 2.75) is 11.3 Å². The van der Waals surface area contributed by atoms with E-state index in [9.17, 15) is 8.42 Å². The number of fused-ring (bicyclic) bond motifs is 1. The minimum Gasteiger partial charge on any atom is -0.397 e. The van der Waals surface area contributed by atoms with E-state index >= 15 is 0 Å². The lowest BCUT2D eigenvalue weighted by Crippen LogP contribution is -2.29. The predicted molar refractivity (Wildman–Crippen MR) is 67.7 cm³/mol. The summed E-state index contributed by atoms with van der Waals surface area (Å²) >= 11 is 0. The van der Waals surface area contributed by atoms with E-state index in [0.29, 0.717) is 24.3 Å². The maximum Gasteiger partial charge on any atom is 0.267 e. The summed E-state index contributed by atoms with van der Waals surface area (Å²) in [5.41, 5.74) is 7.92. The van der Waals surface area contributed by atoms with Gasteiger partial charge in [-0.05, 0) is 18.1 Å². The van der Waals surface area contributed by atoms with E-state index in [1.807, 2.05) is 12.1 Å². The van der Waals surface area contributed by atoms with Crippen LogP contribution in [0.3, 0.4) is 0 Å². The number of rotatable bonds is 2. The summed E-state index contributed by atoms with van der Waals surface area (Å²) in [6.07, 6.45) is 3.34. The molecule has 6 nitrogen and oxygen atoms in total. The third kappa shape index (κ3) is 1.47.